The smallest absolute Gasteiger partial charge is 0.248 e. The van der Waals surface area contributed by atoms with E-state index in [-0.39, 0.29) is 42.3 Å². The van der Waals surface area contributed by atoms with Gasteiger partial charge in [0.15, 0.2) is 9.84 Å². The maximum absolute atomic E-state index is 11.8. The third-order valence-corrected chi connectivity index (χ3v) is 5.45. The van der Waals surface area contributed by atoms with Gasteiger partial charge in [0.2, 0.25) is 11.8 Å². The number of carbonyl (C=O) groups excluding carboxylic acids is 2. The van der Waals surface area contributed by atoms with Crippen LogP contribution in [0.5, 0.6) is 0 Å². The zero-order valence-electron chi connectivity index (χ0n) is 14.1. The van der Waals surface area contributed by atoms with Crippen LogP contribution in [0.4, 0.5) is 0 Å². The van der Waals surface area contributed by atoms with Gasteiger partial charge in [-0.05, 0) is 25.7 Å². The van der Waals surface area contributed by atoms with Crippen molar-refractivity contribution in [2.24, 2.45) is 5.92 Å². The molecule has 0 unspecified atom stereocenters. The van der Waals surface area contributed by atoms with Crippen molar-refractivity contribution in [3.8, 4) is 0 Å². The van der Waals surface area contributed by atoms with E-state index in [0.717, 1.165) is 6.42 Å². The van der Waals surface area contributed by atoms with Crippen LogP contribution in [0.25, 0.3) is 0 Å². The van der Waals surface area contributed by atoms with Gasteiger partial charge in [0.1, 0.15) is 6.10 Å². The zero-order chi connectivity index (χ0) is 17.5. The molecule has 0 aromatic rings. The van der Waals surface area contributed by atoms with E-state index in [9.17, 15) is 18.0 Å². The standard InChI is InChI=1S/C15H28N2O5S/c1-11(2)5-8-22-12(3)15(19)16-7-4-14(18)17-13-6-9-23(20,21)10-13/h11-13H,4-10H2,1-3H3,(H,16,19)(H,17,18)/t12-,13-/m0/s1. The van der Waals surface area contributed by atoms with Crippen molar-refractivity contribution in [1.29, 1.82) is 0 Å². The van der Waals surface area contributed by atoms with Gasteiger partial charge in [-0.1, -0.05) is 13.8 Å². The Labute approximate surface area is 138 Å². The molecule has 0 radical (unpaired) electrons. The number of ether oxygens (including phenoxy) is 1. The highest BCUT2D eigenvalue weighted by molar-refractivity contribution is 7.91. The third kappa shape index (κ3) is 8.31. The summed E-state index contributed by atoms with van der Waals surface area (Å²) in [5.74, 6) is 0.158. The van der Waals surface area contributed by atoms with Gasteiger partial charge in [-0.3, -0.25) is 9.59 Å². The number of carbonyl (C=O) groups is 2. The highest BCUT2D eigenvalue weighted by Crippen LogP contribution is 2.11. The summed E-state index contributed by atoms with van der Waals surface area (Å²) < 4.78 is 28.0. The van der Waals surface area contributed by atoms with Gasteiger partial charge in [-0.25, -0.2) is 8.42 Å². The lowest BCUT2D eigenvalue weighted by molar-refractivity contribution is -0.132. The van der Waals surface area contributed by atoms with Gasteiger partial charge in [-0.2, -0.15) is 0 Å². The first-order valence-corrected chi connectivity index (χ1v) is 9.91. The molecule has 23 heavy (non-hydrogen) atoms. The third-order valence-electron chi connectivity index (χ3n) is 3.68. The van der Waals surface area contributed by atoms with Gasteiger partial charge in [-0.15, -0.1) is 0 Å². The van der Waals surface area contributed by atoms with Crippen LogP contribution in [-0.4, -0.2) is 57.0 Å². The fourth-order valence-electron chi connectivity index (χ4n) is 2.21. The summed E-state index contributed by atoms with van der Waals surface area (Å²) in [4.78, 5) is 23.5. The second kappa shape index (κ2) is 9.22. The van der Waals surface area contributed by atoms with Crippen LogP contribution in [0, 0.1) is 5.92 Å². The van der Waals surface area contributed by atoms with Crippen molar-refractivity contribution in [1.82, 2.24) is 10.6 Å². The van der Waals surface area contributed by atoms with E-state index in [1.54, 1.807) is 6.92 Å². The fraction of sp³-hybridized carbons (Fsp3) is 0.867. The first-order chi connectivity index (χ1) is 10.7. The summed E-state index contributed by atoms with van der Waals surface area (Å²) in [6, 6.07) is -0.304. The maximum Gasteiger partial charge on any atom is 0.248 e. The molecule has 1 saturated heterocycles. The van der Waals surface area contributed by atoms with Crippen LogP contribution in [0.15, 0.2) is 0 Å². The van der Waals surface area contributed by atoms with E-state index < -0.39 is 15.9 Å². The molecule has 0 aliphatic carbocycles. The number of rotatable bonds is 9. The topological polar surface area (TPSA) is 102 Å². The molecule has 0 aromatic carbocycles. The van der Waals surface area contributed by atoms with E-state index in [0.29, 0.717) is 18.9 Å². The van der Waals surface area contributed by atoms with E-state index in [1.807, 2.05) is 0 Å². The molecule has 7 nitrogen and oxygen atoms in total. The monoisotopic (exact) mass is 348 g/mol. The van der Waals surface area contributed by atoms with E-state index in [4.69, 9.17) is 4.74 Å². The van der Waals surface area contributed by atoms with Crippen molar-refractivity contribution >= 4 is 21.7 Å². The average Bonchev–Trinajstić information content (AvgIpc) is 2.77. The molecule has 2 atom stereocenters. The fourth-order valence-corrected chi connectivity index (χ4v) is 3.88. The number of hydrogen-bond acceptors (Lipinski definition) is 5. The molecule has 8 heteroatoms. The minimum absolute atomic E-state index is 0.00578. The minimum atomic E-state index is -3.00. The summed E-state index contributed by atoms with van der Waals surface area (Å²) >= 11 is 0. The SMILES string of the molecule is CC(C)CCO[C@@H](C)C(=O)NCCC(=O)N[C@H]1CCS(=O)(=O)C1. The number of nitrogens with one attached hydrogen (secondary N) is 2. The molecule has 0 spiro atoms. The molecule has 1 aliphatic heterocycles. The molecule has 1 rings (SSSR count). The van der Waals surface area contributed by atoms with Crippen molar-refractivity contribution in [2.45, 2.75) is 52.2 Å². The summed E-state index contributed by atoms with van der Waals surface area (Å²) in [5, 5.41) is 5.33. The van der Waals surface area contributed by atoms with E-state index in [1.165, 1.54) is 0 Å². The Bertz CT molecular complexity index is 504. The molecular weight excluding hydrogens is 320 g/mol. The second-order valence-corrected chi connectivity index (χ2v) is 8.63. The van der Waals surface area contributed by atoms with Crippen molar-refractivity contribution < 1.29 is 22.7 Å². The molecule has 2 N–H and O–H groups in total. The van der Waals surface area contributed by atoms with Crippen LogP contribution >= 0.6 is 0 Å². The molecule has 1 heterocycles. The van der Waals surface area contributed by atoms with Crippen LogP contribution < -0.4 is 10.6 Å². The Hall–Kier alpha value is -1.15. The second-order valence-electron chi connectivity index (χ2n) is 6.40. The highest BCUT2D eigenvalue weighted by Gasteiger charge is 2.28. The predicted molar refractivity (Wildman–Crippen MR) is 87.7 cm³/mol. The number of amides is 2. The van der Waals surface area contributed by atoms with Crippen LogP contribution in [0.1, 0.15) is 40.0 Å². The molecular formula is C15H28N2O5S. The summed E-state index contributed by atoms with van der Waals surface area (Å²) in [6.07, 6.45) is 0.934. The Balaban J connectivity index is 2.15. The van der Waals surface area contributed by atoms with Crippen LogP contribution in [-0.2, 0) is 24.2 Å². The molecule has 134 valence electrons. The Morgan fingerprint density at radius 3 is 2.52 bits per heavy atom. The first-order valence-electron chi connectivity index (χ1n) is 8.08. The first kappa shape index (κ1) is 19.9. The van der Waals surface area contributed by atoms with E-state index in [2.05, 4.69) is 24.5 Å². The summed E-state index contributed by atoms with van der Waals surface area (Å²) in [7, 11) is -3.00. The van der Waals surface area contributed by atoms with Crippen LogP contribution in [0.2, 0.25) is 0 Å². The molecule has 0 saturated carbocycles. The lowest BCUT2D eigenvalue weighted by atomic mass is 10.1. The zero-order valence-corrected chi connectivity index (χ0v) is 14.9. The van der Waals surface area contributed by atoms with Gasteiger partial charge in [0, 0.05) is 25.6 Å². The predicted octanol–water partition coefficient (Wildman–Crippen LogP) is 0.247. The maximum atomic E-state index is 11.8. The van der Waals surface area contributed by atoms with Crippen LogP contribution in [0.3, 0.4) is 0 Å². The van der Waals surface area contributed by atoms with Crippen molar-refractivity contribution in [3.05, 3.63) is 0 Å². The van der Waals surface area contributed by atoms with Gasteiger partial charge >= 0.3 is 0 Å². The van der Waals surface area contributed by atoms with E-state index >= 15 is 0 Å². The lowest BCUT2D eigenvalue weighted by Gasteiger charge is -2.15. The van der Waals surface area contributed by atoms with Gasteiger partial charge < -0.3 is 15.4 Å². The Morgan fingerprint density at radius 2 is 1.96 bits per heavy atom. The molecule has 2 amide bonds. The average molecular weight is 348 g/mol. The highest BCUT2D eigenvalue weighted by atomic mass is 32.2. The Kier molecular flexibility index (Phi) is 7.98. The summed E-state index contributed by atoms with van der Waals surface area (Å²) in [6.45, 7) is 6.59. The summed E-state index contributed by atoms with van der Waals surface area (Å²) in [5.41, 5.74) is 0. The number of hydrogen-bond donors (Lipinski definition) is 2. The lowest BCUT2D eigenvalue weighted by Crippen LogP contribution is -2.40. The minimum Gasteiger partial charge on any atom is -0.369 e. The Morgan fingerprint density at radius 1 is 1.26 bits per heavy atom. The molecule has 0 bridgehead atoms. The quantitative estimate of drug-likeness (QED) is 0.622. The normalized spacial score (nSPS) is 21.1. The molecule has 1 fully saturated rings. The molecule has 1 aliphatic rings. The van der Waals surface area contributed by atoms with Gasteiger partial charge in [0.25, 0.3) is 0 Å². The van der Waals surface area contributed by atoms with Crippen molar-refractivity contribution in [3.63, 3.8) is 0 Å². The van der Waals surface area contributed by atoms with Gasteiger partial charge in [0.05, 0.1) is 11.5 Å². The number of sulfone groups is 1. The van der Waals surface area contributed by atoms with Crippen molar-refractivity contribution in [2.75, 3.05) is 24.7 Å². The largest absolute Gasteiger partial charge is 0.369 e. The molecule has 0 aromatic heterocycles.